The van der Waals surface area contributed by atoms with Crippen LogP contribution in [0, 0.1) is 12.7 Å². The molecule has 2 heterocycles. The molecule has 8 heteroatoms. The van der Waals surface area contributed by atoms with Gasteiger partial charge in [-0.1, -0.05) is 24.3 Å². The molecule has 0 fully saturated rings. The molecule has 2 aromatic carbocycles. The van der Waals surface area contributed by atoms with E-state index in [1.165, 1.54) is 12.1 Å². The summed E-state index contributed by atoms with van der Waals surface area (Å²) in [6.07, 6.45) is 0. The SMILES string of the molecule is Cc1nc(NCc2ccc(OCc3ccc(F)cc3)cc2)nc2c1NC(=O)CN2C. The first-order chi connectivity index (χ1) is 14.5. The van der Waals surface area contributed by atoms with Gasteiger partial charge in [0.05, 0.1) is 12.2 Å². The van der Waals surface area contributed by atoms with Crippen LogP contribution in [-0.2, 0) is 17.9 Å². The molecule has 1 amide bonds. The average Bonchev–Trinajstić information content (AvgIpc) is 2.73. The van der Waals surface area contributed by atoms with Crippen LogP contribution in [0.25, 0.3) is 0 Å². The lowest BCUT2D eigenvalue weighted by Crippen LogP contribution is -2.36. The van der Waals surface area contributed by atoms with Gasteiger partial charge < -0.3 is 20.3 Å². The average molecular weight is 407 g/mol. The minimum Gasteiger partial charge on any atom is -0.489 e. The van der Waals surface area contributed by atoms with Crippen LogP contribution in [0.5, 0.6) is 5.75 Å². The zero-order valence-electron chi connectivity index (χ0n) is 16.8. The number of hydrogen-bond acceptors (Lipinski definition) is 6. The van der Waals surface area contributed by atoms with E-state index in [0.29, 0.717) is 36.3 Å². The number of anilines is 3. The highest BCUT2D eigenvalue weighted by atomic mass is 19.1. The third-order valence-corrected chi connectivity index (χ3v) is 4.77. The summed E-state index contributed by atoms with van der Waals surface area (Å²) >= 11 is 0. The van der Waals surface area contributed by atoms with Gasteiger partial charge in [-0.25, -0.2) is 9.37 Å². The van der Waals surface area contributed by atoms with Crippen LogP contribution in [0.1, 0.15) is 16.8 Å². The molecule has 0 atom stereocenters. The van der Waals surface area contributed by atoms with E-state index in [0.717, 1.165) is 16.9 Å². The molecule has 0 aliphatic carbocycles. The number of rotatable bonds is 6. The number of benzene rings is 2. The fourth-order valence-electron chi connectivity index (χ4n) is 3.16. The van der Waals surface area contributed by atoms with Crippen LogP contribution >= 0.6 is 0 Å². The predicted molar refractivity (Wildman–Crippen MR) is 113 cm³/mol. The number of carbonyl (C=O) groups excluding carboxylic acids is 1. The normalized spacial score (nSPS) is 12.9. The molecular formula is C22H22FN5O2. The largest absolute Gasteiger partial charge is 0.489 e. The lowest BCUT2D eigenvalue weighted by Gasteiger charge is -2.27. The molecule has 0 unspecified atom stereocenters. The van der Waals surface area contributed by atoms with Gasteiger partial charge in [-0.2, -0.15) is 4.98 Å². The van der Waals surface area contributed by atoms with Gasteiger partial charge in [0.2, 0.25) is 11.9 Å². The zero-order chi connectivity index (χ0) is 21.1. The summed E-state index contributed by atoms with van der Waals surface area (Å²) in [6, 6.07) is 14.0. The molecule has 0 saturated carbocycles. The van der Waals surface area contributed by atoms with Crippen molar-refractivity contribution >= 4 is 23.4 Å². The van der Waals surface area contributed by atoms with Crippen molar-refractivity contribution in [1.29, 1.82) is 0 Å². The third-order valence-electron chi connectivity index (χ3n) is 4.77. The summed E-state index contributed by atoms with van der Waals surface area (Å²) in [5.41, 5.74) is 3.32. The van der Waals surface area contributed by atoms with E-state index in [9.17, 15) is 9.18 Å². The van der Waals surface area contributed by atoms with Crippen molar-refractivity contribution in [2.75, 3.05) is 29.1 Å². The first-order valence-corrected chi connectivity index (χ1v) is 9.57. The van der Waals surface area contributed by atoms with Crippen molar-refractivity contribution in [2.45, 2.75) is 20.1 Å². The zero-order valence-corrected chi connectivity index (χ0v) is 16.8. The van der Waals surface area contributed by atoms with Crippen LogP contribution in [0.2, 0.25) is 0 Å². The van der Waals surface area contributed by atoms with Crippen molar-refractivity contribution in [3.05, 3.63) is 71.2 Å². The highest BCUT2D eigenvalue weighted by Gasteiger charge is 2.23. The summed E-state index contributed by atoms with van der Waals surface area (Å²) in [5, 5.41) is 6.05. The molecule has 3 aromatic rings. The lowest BCUT2D eigenvalue weighted by molar-refractivity contribution is -0.115. The van der Waals surface area contributed by atoms with Gasteiger partial charge in [0.25, 0.3) is 0 Å². The second-order valence-electron chi connectivity index (χ2n) is 7.15. The molecule has 0 saturated heterocycles. The van der Waals surface area contributed by atoms with E-state index in [2.05, 4.69) is 20.6 Å². The predicted octanol–water partition coefficient (Wildman–Crippen LogP) is 3.50. The van der Waals surface area contributed by atoms with Crippen molar-refractivity contribution in [3.8, 4) is 5.75 Å². The maximum atomic E-state index is 13.0. The number of nitrogens with one attached hydrogen (secondary N) is 2. The van der Waals surface area contributed by atoms with E-state index < -0.39 is 0 Å². The van der Waals surface area contributed by atoms with Gasteiger partial charge in [0.1, 0.15) is 23.9 Å². The number of fused-ring (bicyclic) bond motifs is 1. The number of aryl methyl sites for hydroxylation is 1. The maximum Gasteiger partial charge on any atom is 0.244 e. The highest BCUT2D eigenvalue weighted by Crippen LogP contribution is 2.29. The Kier molecular flexibility index (Phi) is 5.47. The molecule has 4 rings (SSSR count). The smallest absolute Gasteiger partial charge is 0.244 e. The quantitative estimate of drug-likeness (QED) is 0.651. The van der Waals surface area contributed by atoms with Gasteiger partial charge in [-0.15, -0.1) is 0 Å². The monoisotopic (exact) mass is 407 g/mol. The number of amides is 1. The molecule has 154 valence electrons. The number of likely N-dealkylation sites (N-methyl/N-ethyl adjacent to an activating group) is 1. The van der Waals surface area contributed by atoms with Crippen LogP contribution in [0.15, 0.2) is 48.5 Å². The van der Waals surface area contributed by atoms with Crippen molar-refractivity contribution in [1.82, 2.24) is 9.97 Å². The molecule has 0 spiro atoms. The Morgan fingerprint density at radius 1 is 1.10 bits per heavy atom. The molecule has 30 heavy (non-hydrogen) atoms. The Labute approximate surface area is 173 Å². The lowest BCUT2D eigenvalue weighted by atomic mass is 10.2. The molecule has 0 bridgehead atoms. The number of carbonyl (C=O) groups is 1. The van der Waals surface area contributed by atoms with Crippen molar-refractivity contribution in [3.63, 3.8) is 0 Å². The van der Waals surface area contributed by atoms with E-state index in [1.54, 1.807) is 17.0 Å². The molecule has 1 aromatic heterocycles. The summed E-state index contributed by atoms with van der Waals surface area (Å²) < 4.78 is 18.7. The molecule has 1 aliphatic rings. The van der Waals surface area contributed by atoms with Crippen LogP contribution < -0.4 is 20.3 Å². The maximum absolute atomic E-state index is 13.0. The Morgan fingerprint density at radius 3 is 2.53 bits per heavy atom. The second-order valence-corrected chi connectivity index (χ2v) is 7.15. The molecular weight excluding hydrogens is 385 g/mol. The highest BCUT2D eigenvalue weighted by molar-refractivity contribution is 6.00. The second kappa shape index (κ2) is 8.36. The van der Waals surface area contributed by atoms with Crippen LogP contribution in [-0.4, -0.2) is 29.5 Å². The summed E-state index contributed by atoms with van der Waals surface area (Å²) in [5.74, 6) is 1.62. The number of hydrogen-bond donors (Lipinski definition) is 2. The van der Waals surface area contributed by atoms with Crippen molar-refractivity contribution in [2.24, 2.45) is 0 Å². The van der Waals surface area contributed by atoms with Crippen LogP contribution in [0.4, 0.5) is 21.8 Å². The first-order valence-electron chi connectivity index (χ1n) is 9.57. The molecule has 1 aliphatic heterocycles. The topological polar surface area (TPSA) is 79.4 Å². The Bertz CT molecular complexity index is 1050. The first kappa shape index (κ1) is 19.6. The Morgan fingerprint density at radius 2 is 1.80 bits per heavy atom. The molecule has 7 nitrogen and oxygen atoms in total. The summed E-state index contributed by atoms with van der Waals surface area (Å²) in [7, 11) is 1.83. The third kappa shape index (κ3) is 4.48. The standard InChI is InChI=1S/C22H22FN5O2/c1-14-20-21(28(2)12-19(29)26-20)27-22(25-14)24-11-15-5-9-18(10-6-15)30-13-16-3-7-17(23)8-4-16/h3-10H,11-13H2,1-2H3,(H,26,29)(H,24,25,27). The minimum atomic E-state index is -0.259. The van der Waals surface area contributed by atoms with Gasteiger partial charge >= 0.3 is 0 Å². The summed E-state index contributed by atoms with van der Waals surface area (Å²) in [6.45, 7) is 3.04. The molecule has 0 radical (unpaired) electrons. The van der Waals surface area contributed by atoms with E-state index in [-0.39, 0.29) is 18.3 Å². The summed E-state index contributed by atoms with van der Waals surface area (Å²) in [4.78, 5) is 22.5. The van der Waals surface area contributed by atoms with Gasteiger partial charge in [0, 0.05) is 13.6 Å². The Hall–Kier alpha value is -3.68. The van der Waals surface area contributed by atoms with Crippen LogP contribution in [0.3, 0.4) is 0 Å². The van der Waals surface area contributed by atoms with Gasteiger partial charge in [0.15, 0.2) is 5.82 Å². The number of ether oxygens (including phenoxy) is 1. The van der Waals surface area contributed by atoms with E-state index in [4.69, 9.17) is 4.74 Å². The van der Waals surface area contributed by atoms with Gasteiger partial charge in [-0.3, -0.25) is 4.79 Å². The number of nitrogens with zero attached hydrogens (tertiary/aromatic N) is 3. The van der Waals surface area contributed by atoms with E-state index >= 15 is 0 Å². The number of halogens is 1. The fourth-order valence-corrected chi connectivity index (χ4v) is 3.16. The Balaban J connectivity index is 1.36. The fraction of sp³-hybridized carbons (Fsp3) is 0.227. The molecule has 2 N–H and O–H groups in total. The number of aromatic nitrogens is 2. The van der Waals surface area contributed by atoms with Gasteiger partial charge in [-0.05, 0) is 42.3 Å². The van der Waals surface area contributed by atoms with Crippen molar-refractivity contribution < 1.29 is 13.9 Å². The minimum absolute atomic E-state index is 0.0702. The van der Waals surface area contributed by atoms with E-state index in [1.807, 2.05) is 38.2 Å².